The smallest absolute Gasteiger partial charge is 0.406 e. The van der Waals surface area contributed by atoms with Gasteiger partial charge in [0.05, 0.1) is 37.7 Å². The minimum atomic E-state index is -1.12. The van der Waals surface area contributed by atoms with Gasteiger partial charge in [0, 0.05) is 6.54 Å². The number of ether oxygens (including phenoxy) is 2. The number of phenols is 1. The first-order chi connectivity index (χ1) is 15.7. The average molecular weight is 460 g/mol. The highest BCUT2D eigenvalue weighted by atomic mass is 16.5. The summed E-state index contributed by atoms with van der Waals surface area (Å²) >= 11 is 0. The quantitative estimate of drug-likeness (QED) is 0.306. The van der Waals surface area contributed by atoms with E-state index < -0.39 is 24.0 Å². The number of carbonyl (C=O) groups excluding carboxylic acids is 3. The highest BCUT2D eigenvalue weighted by Crippen LogP contribution is 2.15. The van der Waals surface area contributed by atoms with E-state index >= 15 is 0 Å². The predicted octanol–water partition coefficient (Wildman–Crippen LogP) is 1.47. The van der Waals surface area contributed by atoms with Crippen molar-refractivity contribution in [1.29, 1.82) is 0 Å². The Hall–Kier alpha value is -3.89. The van der Waals surface area contributed by atoms with Gasteiger partial charge in [0.15, 0.2) is 0 Å². The van der Waals surface area contributed by atoms with Crippen molar-refractivity contribution in [3.63, 3.8) is 0 Å². The van der Waals surface area contributed by atoms with Crippen LogP contribution in [0.25, 0.3) is 0 Å². The third kappa shape index (κ3) is 7.63. The van der Waals surface area contributed by atoms with Crippen LogP contribution >= 0.6 is 0 Å². The van der Waals surface area contributed by atoms with E-state index in [9.17, 15) is 19.5 Å². The fourth-order valence-corrected chi connectivity index (χ4v) is 3.15. The minimum Gasteiger partial charge on any atom is -0.508 e. The molecule has 178 valence electrons. The molecule has 0 saturated heterocycles. The Morgan fingerprint density at radius 1 is 1.09 bits per heavy atom. The molecule has 33 heavy (non-hydrogen) atoms. The first kappa shape index (κ1) is 25.4. The molecule has 0 aliphatic heterocycles. The molecule has 1 unspecified atom stereocenters. The highest BCUT2D eigenvalue weighted by molar-refractivity contribution is 5.98. The normalized spacial score (nSPS) is 11.3. The Balaban J connectivity index is 1.99. The number of amides is 2. The van der Waals surface area contributed by atoms with Gasteiger partial charge in [-0.25, -0.2) is 19.6 Å². The SMILES string of the molecule is COC(=O)NCC(NC(=O)c1c(C)nc(NCCCc2cccc(O)c2)nc1C)C(=O)OC. The van der Waals surface area contributed by atoms with Crippen LogP contribution < -0.4 is 16.0 Å². The van der Waals surface area contributed by atoms with Gasteiger partial charge in [-0.3, -0.25) is 4.79 Å². The van der Waals surface area contributed by atoms with Crippen LogP contribution in [0.5, 0.6) is 5.75 Å². The van der Waals surface area contributed by atoms with Gasteiger partial charge in [0.25, 0.3) is 5.91 Å². The number of benzene rings is 1. The summed E-state index contributed by atoms with van der Waals surface area (Å²) in [5, 5.41) is 17.5. The van der Waals surface area contributed by atoms with Crippen LogP contribution in [0.1, 0.15) is 33.7 Å². The summed E-state index contributed by atoms with van der Waals surface area (Å²) in [5.41, 5.74) is 2.12. The number of nitrogens with zero attached hydrogens (tertiary/aromatic N) is 2. The third-order valence-corrected chi connectivity index (χ3v) is 4.76. The lowest BCUT2D eigenvalue weighted by Gasteiger charge is -2.18. The standard InChI is InChI=1S/C22H29N5O6/c1-13-18(19(29)27-17(20(30)32-3)12-24-22(31)33-4)14(2)26-21(25-13)23-10-6-8-15-7-5-9-16(28)11-15/h5,7,9,11,17,28H,6,8,10,12H2,1-4H3,(H,24,31)(H,27,29)(H,23,25,26). The Labute approximate surface area is 191 Å². The van der Waals surface area contributed by atoms with Gasteiger partial charge in [-0.15, -0.1) is 0 Å². The van der Waals surface area contributed by atoms with Gasteiger partial charge in [-0.1, -0.05) is 12.1 Å². The number of alkyl carbamates (subject to hydrolysis) is 1. The summed E-state index contributed by atoms with van der Waals surface area (Å²) in [5.74, 6) is -0.669. The van der Waals surface area contributed by atoms with E-state index in [2.05, 4.69) is 35.4 Å². The number of anilines is 1. The van der Waals surface area contributed by atoms with Crippen LogP contribution in [-0.2, 0) is 20.7 Å². The summed E-state index contributed by atoms with van der Waals surface area (Å²) in [4.78, 5) is 44.8. The lowest BCUT2D eigenvalue weighted by molar-refractivity contribution is -0.142. The highest BCUT2D eigenvalue weighted by Gasteiger charge is 2.25. The second-order valence-electron chi connectivity index (χ2n) is 7.21. The average Bonchev–Trinajstić information content (AvgIpc) is 2.78. The summed E-state index contributed by atoms with van der Waals surface area (Å²) in [6, 6.07) is 5.98. The van der Waals surface area contributed by atoms with Crippen molar-refractivity contribution in [3.05, 3.63) is 46.8 Å². The summed E-state index contributed by atoms with van der Waals surface area (Å²) in [6.07, 6.45) is 0.823. The van der Waals surface area contributed by atoms with Crippen molar-refractivity contribution >= 4 is 23.9 Å². The number of aromatic nitrogens is 2. The first-order valence-electron chi connectivity index (χ1n) is 10.3. The van der Waals surface area contributed by atoms with Crippen molar-refractivity contribution < 1.29 is 29.0 Å². The molecule has 1 heterocycles. The first-order valence-corrected chi connectivity index (χ1v) is 10.3. The van der Waals surface area contributed by atoms with E-state index in [1.165, 1.54) is 14.2 Å². The number of nitrogens with one attached hydrogen (secondary N) is 3. The number of esters is 1. The Bertz CT molecular complexity index is 974. The Kier molecular flexibility index (Phi) is 9.40. The van der Waals surface area contributed by atoms with Crippen LogP contribution in [0.3, 0.4) is 0 Å². The van der Waals surface area contributed by atoms with Gasteiger partial charge in [-0.05, 0) is 44.4 Å². The van der Waals surface area contributed by atoms with E-state index in [0.717, 1.165) is 18.4 Å². The molecule has 0 spiro atoms. The molecule has 0 saturated carbocycles. The van der Waals surface area contributed by atoms with E-state index in [4.69, 9.17) is 0 Å². The molecule has 11 heteroatoms. The van der Waals surface area contributed by atoms with Gasteiger partial charge < -0.3 is 30.5 Å². The molecular weight excluding hydrogens is 430 g/mol. The molecular formula is C22H29N5O6. The van der Waals surface area contributed by atoms with Crippen LogP contribution in [0.15, 0.2) is 24.3 Å². The van der Waals surface area contributed by atoms with E-state index in [1.807, 2.05) is 6.07 Å². The summed E-state index contributed by atoms with van der Waals surface area (Å²) < 4.78 is 9.16. The number of phenolic OH excluding ortho intramolecular Hbond substituents is 1. The van der Waals surface area contributed by atoms with Crippen LogP contribution in [-0.4, -0.2) is 66.4 Å². The zero-order valence-corrected chi connectivity index (χ0v) is 19.1. The molecule has 2 rings (SSSR count). The van der Waals surface area contributed by atoms with Crippen molar-refractivity contribution in [1.82, 2.24) is 20.6 Å². The maximum absolute atomic E-state index is 12.8. The molecule has 1 aromatic carbocycles. The van der Waals surface area contributed by atoms with E-state index in [-0.39, 0.29) is 17.9 Å². The van der Waals surface area contributed by atoms with Gasteiger partial charge in [0.1, 0.15) is 11.8 Å². The van der Waals surface area contributed by atoms with Crippen LogP contribution in [0.4, 0.5) is 10.7 Å². The molecule has 0 aliphatic rings. The second-order valence-corrected chi connectivity index (χ2v) is 7.21. The van der Waals surface area contributed by atoms with Gasteiger partial charge in [-0.2, -0.15) is 0 Å². The number of aryl methyl sites for hydroxylation is 3. The maximum atomic E-state index is 12.8. The van der Waals surface area contributed by atoms with Crippen LogP contribution in [0, 0.1) is 13.8 Å². The molecule has 11 nitrogen and oxygen atoms in total. The van der Waals surface area contributed by atoms with Gasteiger partial charge in [0.2, 0.25) is 5.95 Å². The number of hydrogen-bond acceptors (Lipinski definition) is 9. The molecule has 4 N–H and O–H groups in total. The molecule has 2 aromatic rings. The lowest BCUT2D eigenvalue weighted by atomic mass is 10.1. The zero-order chi connectivity index (χ0) is 24.4. The maximum Gasteiger partial charge on any atom is 0.406 e. The van der Waals surface area contributed by atoms with E-state index in [0.29, 0.717) is 23.9 Å². The summed E-state index contributed by atoms with van der Waals surface area (Å²) in [6.45, 7) is 3.73. The fourth-order valence-electron chi connectivity index (χ4n) is 3.15. The molecule has 0 radical (unpaired) electrons. The number of methoxy groups -OCH3 is 2. The molecule has 0 fully saturated rings. The van der Waals surface area contributed by atoms with Gasteiger partial charge >= 0.3 is 12.1 Å². The lowest BCUT2D eigenvalue weighted by Crippen LogP contribution is -2.49. The van der Waals surface area contributed by atoms with E-state index in [1.54, 1.807) is 32.0 Å². The third-order valence-electron chi connectivity index (χ3n) is 4.76. The van der Waals surface area contributed by atoms with Crippen LogP contribution in [0.2, 0.25) is 0 Å². The topological polar surface area (TPSA) is 152 Å². The monoisotopic (exact) mass is 459 g/mol. The number of hydrogen-bond donors (Lipinski definition) is 4. The number of carbonyl (C=O) groups is 3. The molecule has 1 aromatic heterocycles. The number of aromatic hydroxyl groups is 1. The molecule has 2 amide bonds. The summed E-state index contributed by atoms with van der Waals surface area (Å²) in [7, 11) is 2.37. The number of rotatable bonds is 10. The van der Waals surface area contributed by atoms with Crippen molar-refractivity contribution in [2.24, 2.45) is 0 Å². The van der Waals surface area contributed by atoms with Crippen molar-refractivity contribution in [3.8, 4) is 5.75 Å². The minimum absolute atomic E-state index is 0.205. The largest absolute Gasteiger partial charge is 0.508 e. The fraction of sp³-hybridized carbons (Fsp3) is 0.409. The van der Waals surface area contributed by atoms with Crippen molar-refractivity contribution in [2.45, 2.75) is 32.7 Å². The Morgan fingerprint density at radius 3 is 2.39 bits per heavy atom. The zero-order valence-electron chi connectivity index (χ0n) is 19.1. The molecule has 0 aliphatic carbocycles. The molecule has 0 bridgehead atoms. The predicted molar refractivity (Wildman–Crippen MR) is 120 cm³/mol. The Morgan fingerprint density at radius 2 is 1.79 bits per heavy atom. The van der Waals surface area contributed by atoms with Crippen molar-refractivity contribution in [2.75, 3.05) is 32.6 Å². The second kappa shape index (κ2) is 12.2. The molecule has 1 atom stereocenters.